The third kappa shape index (κ3) is 6.90. The Morgan fingerprint density at radius 1 is 0.957 bits per heavy atom. The molecule has 1 atom stereocenters. The number of hydrogen-bond donors (Lipinski definition) is 0. The maximum Gasteiger partial charge on any atom is 0.338 e. The second-order valence-electron chi connectivity index (χ2n) is 13.4. The van der Waals surface area contributed by atoms with Crippen LogP contribution in [0, 0.1) is 0 Å². The fourth-order valence-corrected chi connectivity index (χ4v) is 6.29. The zero-order chi connectivity index (χ0) is 31.7. The number of piperidine rings is 1. The van der Waals surface area contributed by atoms with E-state index in [0.29, 0.717) is 24.0 Å². The van der Waals surface area contributed by atoms with Crippen LogP contribution in [0.5, 0.6) is 5.88 Å². The fourth-order valence-electron chi connectivity index (χ4n) is 6.29. The number of imidazole rings is 1. The quantitative estimate of drug-likeness (QED) is 0.169. The summed E-state index contributed by atoms with van der Waals surface area (Å²) in [6, 6.07) is 22.0. The van der Waals surface area contributed by atoms with Crippen molar-refractivity contribution >= 4 is 27.9 Å². The van der Waals surface area contributed by atoms with Gasteiger partial charge in [0.05, 0.1) is 41.3 Å². The number of hydrogen-bond acceptors (Lipinski definition) is 8. The normalized spacial score (nSPS) is 17.7. The lowest BCUT2D eigenvalue weighted by atomic mass is 9.93. The van der Waals surface area contributed by atoms with Gasteiger partial charge in [-0.05, 0) is 101 Å². The van der Waals surface area contributed by atoms with Crippen LogP contribution in [-0.2, 0) is 29.2 Å². The van der Waals surface area contributed by atoms with E-state index in [1.165, 1.54) is 0 Å². The van der Waals surface area contributed by atoms with E-state index < -0.39 is 5.60 Å². The summed E-state index contributed by atoms with van der Waals surface area (Å²) in [5, 5.41) is 1.11. The molecule has 46 heavy (non-hydrogen) atoms. The predicted octanol–water partition coefficient (Wildman–Crippen LogP) is 6.68. The molecule has 0 aliphatic carbocycles. The number of likely N-dealkylation sites (tertiary alicyclic amines) is 1. The molecular formula is C37H41N5O4. The second kappa shape index (κ2) is 12.8. The van der Waals surface area contributed by atoms with Crippen molar-refractivity contribution in [2.45, 2.75) is 77.4 Å². The van der Waals surface area contributed by atoms with Crippen molar-refractivity contribution < 1.29 is 19.0 Å². The van der Waals surface area contributed by atoms with E-state index >= 15 is 0 Å². The van der Waals surface area contributed by atoms with Gasteiger partial charge in [-0.1, -0.05) is 18.2 Å². The molecule has 9 heteroatoms. The monoisotopic (exact) mass is 619 g/mol. The van der Waals surface area contributed by atoms with E-state index in [2.05, 4.69) is 38.7 Å². The van der Waals surface area contributed by atoms with Crippen LogP contribution in [0.3, 0.4) is 0 Å². The van der Waals surface area contributed by atoms with Gasteiger partial charge >= 0.3 is 5.97 Å². The first-order chi connectivity index (χ1) is 22.3. The van der Waals surface area contributed by atoms with E-state index in [1.807, 2.05) is 69.4 Å². The number of aromatic nitrogens is 4. The van der Waals surface area contributed by atoms with Crippen LogP contribution in [0.25, 0.3) is 21.9 Å². The van der Waals surface area contributed by atoms with Gasteiger partial charge in [0, 0.05) is 35.9 Å². The molecule has 0 N–H and O–H groups in total. The van der Waals surface area contributed by atoms with Crippen molar-refractivity contribution in [3.8, 4) is 5.88 Å². The molecule has 2 fully saturated rings. The summed E-state index contributed by atoms with van der Waals surface area (Å²) < 4.78 is 19.8. The zero-order valence-electron chi connectivity index (χ0n) is 26.8. The molecule has 2 aliphatic heterocycles. The summed E-state index contributed by atoms with van der Waals surface area (Å²) in [5.41, 5.74) is 4.99. The molecule has 5 heterocycles. The molecular weight excluding hydrogens is 578 g/mol. The van der Waals surface area contributed by atoms with E-state index in [9.17, 15) is 4.79 Å². The van der Waals surface area contributed by atoms with E-state index in [-0.39, 0.29) is 12.1 Å². The van der Waals surface area contributed by atoms with Gasteiger partial charge in [0.25, 0.3) is 0 Å². The number of fused-ring (bicyclic) bond motifs is 2. The van der Waals surface area contributed by atoms with Gasteiger partial charge in [0.2, 0.25) is 5.88 Å². The molecule has 0 unspecified atom stereocenters. The van der Waals surface area contributed by atoms with Gasteiger partial charge in [-0.2, -0.15) is 0 Å². The highest BCUT2D eigenvalue weighted by atomic mass is 16.6. The van der Waals surface area contributed by atoms with Crippen LogP contribution in [0.1, 0.15) is 73.4 Å². The third-order valence-electron chi connectivity index (χ3n) is 8.81. The first-order valence-corrected chi connectivity index (χ1v) is 16.3. The van der Waals surface area contributed by atoms with E-state index in [0.717, 1.165) is 91.1 Å². The molecule has 2 aromatic carbocycles. The number of ether oxygens (including phenoxy) is 3. The summed E-state index contributed by atoms with van der Waals surface area (Å²) in [6.45, 7) is 10.3. The minimum Gasteiger partial charge on any atom is -0.473 e. The van der Waals surface area contributed by atoms with Crippen LogP contribution in [0.4, 0.5) is 0 Å². The van der Waals surface area contributed by atoms with Crippen LogP contribution >= 0.6 is 0 Å². The highest BCUT2D eigenvalue weighted by molar-refractivity contribution is 5.94. The van der Waals surface area contributed by atoms with Crippen molar-refractivity contribution in [2.24, 2.45) is 0 Å². The number of rotatable bonds is 9. The van der Waals surface area contributed by atoms with E-state index in [1.54, 1.807) is 0 Å². The molecule has 0 radical (unpaired) electrons. The number of benzene rings is 2. The predicted molar refractivity (Wildman–Crippen MR) is 177 cm³/mol. The molecule has 2 aliphatic rings. The zero-order valence-corrected chi connectivity index (χ0v) is 26.8. The lowest BCUT2D eigenvalue weighted by Gasteiger charge is -2.32. The Morgan fingerprint density at radius 3 is 2.57 bits per heavy atom. The van der Waals surface area contributed by atoms with Gasteiger partial charge in [0.1, 0.15) is 18.0 Å². The van der Waals surface area contributed by atoms with Crippen LogP contribution < -0.4 is 4.74 Å². The number of carbonyl (C=O) groups excluding carboxylic acids is 1. The highest BCUT2D eigenvalue weighted by Gasteiger charge is 2.27. The van der Waals surface area contributed by atoms with Gasteiger partial charge in [0.15, 0.2) is 0 Å². The van der Waals surface area contributed by atoms with Crippen LogP contribution in [-0.4, -0.2) is 61.8 Å². The van der Waals surface area contributed by atoms with Crippen molar-refractivity contribution in [1.29, 1.82) is 0 Å². The first-order valence-electron chi connectivity index (χ1n) is 16.3. The Morgan fingerprint density at radius 2 is 1.78 bits per heavy atom. The van der Waals surface area contributed by atoms with Crippen molar-refractivity contribution in [3.05, 3.63) is 95.6 Å². The summed E-state index contributed by atoms with van der Waals surface area (Å²) in [4.78, 5) is 29.6. The maximum atomic E-state index is 12.8. The Hall–Kier alpha value is -4.34. The summed E-state index contributed by atoms with van der Waals surface area (Å²) >= 11 is 0. The summed E-state index contributed by atoms with van der Waals surface area (Å²) in [6.07, 6.45) is 5.05. The average Bonchev–Trinajstić information content (AvgIpc) is 3.37. The van der Waals surface area contributed by atoms with Crippen molar-refractivity contribution in [3.63, 3.8) is 0 Å². The van der Waals surface area contributed by atoms with Crippen LogP contribution in [0.2, 0.25) is 0 Å². The smallest absolute Gasteiger partial charge is 0.338 e. The number of pyridine rings is 2. The lowest BCUT2D eigenvalue weighted by molar-refractivity contribution is -0.0592. The third-order valence-corrected chi connectivity index (χ3v) is 8.81. The fraction of sp³-hybridized carbons (Fsp3) is 0.405. The maximum absolute atomic E-state index is 12.8. The topological polar surface area (TPSA) is 91.6 Å². The van der Waals surface area contributed by atoms with E-state index in [4.69, 9.17) is 24.2 Å². The molecule has 3 aromatic heterocycles. The Labute approximate surface area is 269 Å². The van der Waals surface area contributed by atoms with Crippen molar-refractivity contribution in [1.82, 2.24) is 24.4 Å². The van der Waals surface area contributed by atoms with Gasteiger partial charge in [-0.15, -0.1) is 0 Å². The first kappa shape index (κ1) is 30.3. The standard InChI is InChI=1S/C37H41N5O4/c1-37(2,3)46-36(43)28-10-12-32-33(21-28)42(22-29-15-19-44-29)34(39-32)23-41-17-13-26(14-18-41)31-7-4-8-35(40-31)45-24-25-9-11-30-27(20-25)6-5-16-38-30/h4-12,16,20-21,26,29H,13-15,17-19,22-24H2,1-3H3/t29-/m0/s1. The molecule has 0 amide bonds. The molecule has 0 saturated carbocycles. The lowest BCUT2D eigenvalue weighted by Crippen LogP contribution is -2.35. The highest BCUT2D eigenvalue weighted by Crippen LogP contribution is 2.30. The Bertz CT molecular complexity index is 1850. The Balaban J connectivity index is 1.00. The molecule has 0 bridgehead atoms. The van der Waals surface area contributed by atoms with Gasteiger partial charge < -0.3 is 18.8 Å². The molecule has 9 nitrogen and oxygen atoms in total. The number of nitrogens with zero attached hydrogens (tertiary/aromatic N) is 5. The molecule has 2 saturated heterocycles. The largest absolute Gasteiger partial charge is 0.473 e. The molecule has 238 valence electrons. The minimum absolute atomic E-state index is 0.172. The van der Waals surface area contributed by atoms with Gasteiger partial charge in [-0.3, -0.25) is 9.88 Å². The van der Waals surface area contributed by atoms with Crippen molar-refractivity contribution in [2.75, 3.05) is 19.7 Å². The number of carbonyl (C=O) groups is 1. The minimum atomic E-state index is -0.552. The Kier molecular flexibility index (Phi) is 8.44. The van der Waals surface area contributed by atoms with Crippen LogP contribution in [0.15, 0.2) is 72.9 Å². The number of esters is 1. The molecule has 7 rings (SSSR count). The molecule has 0 spiro atoms. The molecule has 5 aromatic rings. The summed E-state index contributed by atoms with van der Waals surface area (Å²) in [7, 11) is 0. The summed E-state index contributed by atoms with van der Waals surface area (Å²) in [5.74, 6) is 1.72. The van der Waals surface area contributed by atoms with Gasteiger partial charge in [-0.25, -0.2) is 14.8 Å². The average molecular weight is 620 g/mol. The SMILES string of the molecule is CC(C)(C)OC(=O)c1ccc2nc(CN3CCC(c4cccc(OCc5ccc6ncccc6c5)n4)CC3)n(C[C@@H]3CCO3)c2c1. The second-order valence-corrected chi connectivity index (χ2v) is 13.4.